The minimum absolute atomic E-state index is 0.429. The summed E-state index contributed by atoms with van der Waals surface area (Å²) in [6, 6.07) is 7.32. The van der Waals surface area contributed by atoms with E-state index in [4.69, 9.17) is 0 Å². The van der Waals surface area contributed by atoms with Crippen molar-refractivity contribution >= 4 is 11.5 Å². The molecule has 0 radical (unpaired) electrons. The maximum atomic E-state index is 12.8. The number of benzene rings is 1. The molecule has 1 aromatic carbocycles. The van der Waals surface area contributed by atoms with E-state index < -0.39 is 11.7 Å². The van der Waals surface area contributed by atoms with Crippen LogP contribution in [0.2, 0.25) is 0 Å². The molecule has 1 fully saturated rings. The largest absolute Gasteiger partial charge is 0.416 e. The Morgan fingerprint density at radius 1 is 1.09 bits per heavy atom. The molecule has 2 aliphatic rings. The third-order valence-corrected chi connectivity index (χ3v) is 4.76. The molecule has 0 amide bonds. The standard InChI is InChI=1S/C17H15F3N2/c18-17(19,20)12-2-1-3-13(9-12)22-16-15-11-5-4-10(8-11)14(15)6-7-21-16/h1-3,6-7,9-11H,4-5,8H2,(H,21,22). The summed E-state index contributed by atoms with van der Waals surface area (Å²) >= 11 is 0. The molecule has 2 aliphatic carbocycles. The predicted octanol–water partition coefficient (Wildman–Crippen LogP) is 5.21. The molecule has 1 heterocycles. The maximum Gasteiger partial charge on any atom is 0.416 e. The number of pyridine rings is 1. The fourth-order valence-corrected chi connectivity index (χ4v) is 3.81. The molecule has 2 unspecified atom stereocenters. The van der Waals surface area contributed by atoms with Crippen molar-refractivity contribution < 1.29 is 13.2 Å². The SMILES string of the molecule is FC(F)(F)c1cccc(Nc2nccc3c2C2CCC3C2)c1. The molecule has 4 rings (SSSR count). The molecule has 2 aromatic rings. The summed E-state index contributed by atoms with van der Waals surface area (Å²) < 4.78 is 38.4. The number of nitrogens with one attached hydrogen (secondary N) is 1. The number of anilines is 2. The molecule has 0 spiro atoms. The smallest absolute Gasteiger partial charge is 0.340 e. The summed E-state index contributed by atoms with van der Waals surface area (Å²) in [5.41, 5.74) is 2.31. The Morgan fingerprint density at radius 2 is 1.91 bits per heavy atom. The van der Waals surface area contributed by atoms with Gasteiger partial charge in [-0.3, -0.25) is 0 Å². The second-order valence-corrected chi connectivity index (χ2v) is 6.07. The number of fused-ring (bicyclic) bond motifs is 5. The average Bonchev–Trinajstić information content (AvgIpc) is 3.09. The van der Waals surface area contributed by atoms with Gasteiger partial charge in [0, 0.05) is 17.4 Å². The first-order chi connectivity index (χ1) is 10.5. The first-order valence-electron chi connectivity index (χ1n) is 7.45. The third kappa shape index (κ3) is 2.16. The van der Waals surface area contributed by atoms with E-state index in [0.717, 1.165) is 25.0 Å². The first kappa shape index (κ1) is 13.6. The Morgan fingerprint density at radius 3 is 2.73 bits per heavy atom. The highest BCUT2D eigenvalue weighted by Crippen LogP contribution is 2.54. The molecule has 1 aromatic heterocycles. The van der Waals surface area contributed by atoms with Gasteiger partial charge in [-0.15, -0.1) is 0 Å². The number of alkyl halides is 3. The number of hydrogen-bond acceptors (Lipinski definition) is 2. The summed E-state index contributed by atoms with van der Waals surface area (Å²) in [5.74, 6) is 1.82. The van der Waals surface area contributed by atoms with E-state index in [9.17, 15) is 13.2 Å². The van der Waals surface area contributed by atoms with Crippen molar-refractivity contribution in [3.8, 4) is 0 Å². The van der Waals surface area contributed by atoms with E-state index in [1.807, 2.05) is 0 Å². The number of halogens is 3. The van der Waals surface area contributed by atoms with Crippen LogP contribution in [0.4, 0.5) is 24.7 Å². The number of aromatic nitrogens is 1. The fraction of sp³-hybridized carbons (Fsp3) is 0.353. The van der Waals surface area contributed by atoms with Crippen LogP contribution in [0.3, 0.4) is 0 Å². The highest BCUT2D eigenvalue weighted by Gasteiger charge is 2.39. The van der Waals surface area contributed by atoms with Gasteiger partial charge in [-0.2, -0.15) is 13.2 Å². The summed E-state index contributed by atoms with van der Waals surface area (Å²) in [7, 11) is 0. The van der Waals surface area contributed by atoms with Gasteiger partial charge in [0.1, 0.15) is 5.82 Å². The number of rotatable bonds is 2. The second-order valence-electron chi connectivity index (χ2n) is 6.07. The van der Waals surface area contributed by atoms with Crippen LogP contribution in [-0.4, -0.2) is 4.98 Å². The zero-order valence-corrected chi connectivity index (χ0v) is 11.8. The third-order valence-electron chi connectivity index (χ3n) is 4.76. The van der Waals surface area contributed by atoms with E-state index in [1.54, 1.807) is 12.3 Å². The van der Waals surface area contributed by atoms with Crippen LogP contribution in [0.15, 0.2) is 36.5 Å². The molecular weight excluding hydrogens is 289 g/mol. The normalized spacial score (nSPS) is 22.7. The summed E-state index contributed by atoms with van der Waals surface area (Å²) in [6.45, 7) is 0. The monoisotopic (exact) mass is 304 g/mol. The van der Waals surface area contributed by atoms with Gasteiger partial charge in [-0.25, -0.2) is 4.98 Å². The van der Waals surface area contributed by atoms with Crippen LogP contribution >= 0.6 is 0 Å². The summed E-state index contributed by atoms with van der Waals surface area (Å²) in [5, 5.41) is 3.09. The Hall–Kier alpha value is -2.04. The van der Waals surface area contributed by atoms with Gasteiger partial charge in [-0.1, -0.05) is 6.07 Å². The van der Waals surface area contributed by atoms with Crippen LogP contribution in [0.25, 0.3) is 0 Å². The van der Waals surface area contributed by atoms with E-state index in [2.05, 4.69) is 16.4 Å². The fourth-order valence-electron chi connectivity index (χ4n) is 3.81. The van der Waals surface area contributed by atoms with Gasteiger partial charge in [0.25, 0.3) is 0 Å². The van der Waals surface area contributed by atoms with Gasteiger partial charge in [0.05, 0.1) is 5.56 Å². The van der Waals surface area contributed by atoms with Crippen LogP contribution in [-0.2, 0) is 6.18 Å². The maximum absolute atomic E-state index is 12.8. The molecule has 2 bridgehead atoms. The molecule has 0 aliphatic heterocycles. The molecule has 1 N–H and O–H groups in total. The van der Waals surface area contributed by atoms with Gasteiger partial charge in [0.15, 0.2) is 0 Å². The van der Waals surface area contributed by atoms with Crippen molar-refractivity contribution in [1.29, 1.82) is 0 Å². The van der Waals surface area contributed by atoms with Gasteiger partial charge < -0.3 is 5.32 Å². The predicted molar refractivity (Wildman–Crippen MR) is 78.3 cm³/mol. The summed E-state index contributed by atoms with van der Waals surface area (Å²) in [4.78, 5) is 4.36. The number of nitrogens with zero attached hydrogens (tertiary/aromatic N) is 1. The van der Waals surface area contributed by atoms with Gasteiger partial charge in [0.2, 0.25) is 0 Å². The van der Waals surface area contributed by atoms with Crippen molar-refractivity contribution in [2.75, 3.05) is 5.32 Å². The lowest BCUT2D eigenvalue weighted by molar-refractivity contribution is -0.137. The van der Waals surface area contributed by atoms with Crippen LogP contribution in [0, 0.1) is 0 Å². The van der Waals surface area contributed by atoms with Crippen molar-refractivity contribution in [1.82, 2.24) is 4.98 Å². The lowest BCUT2D eigenvalue weighted by atomic mass is 9.92. The Kier molecular flexibility index (Phi) is 2.93. The zero-order chi connectivity index (χ0) is 15.3. The highest BCUT2D eigenvalue weighted by atomic mass is 19.4. The zero-order valence-electron chi connectivity index (χ0n) is 11.8. The minimum Gasteiger partial charge on any atom is -0.340 e. The molecule has 0 saturated heterocycles. The van der Waals surface area contributed by atoms with Gasteiger partial charge in [-0.05, 0) is 60.9 Å². The van der Waals surface area contributed by atoms with Crippen LogP contribution in [0.5, 0.6) is 0 Å². The highest BCUT2D eigenvalue weighted by molar-refractivity contribution is 5.64. The lowest BCUT2D eigenvalue weighted by Gasteiger charge is -2.19. The van der Waals surface area contributed by atoms with Crippen molar-refractivity contribution in [3.05, 3.63) is 53.2 Å². The molecule has 22 heavy (non-hydrogen) atoms. The van der Waals surface area contributed by atoms with Gasteiger partial charge >= 0.3 is 6.18 Å². The molecular formula is C17H15F3N2. The summed E-state index contributed by atoms with van der Waals surface area (Å²) in [6.07, 6.45) is 0.932. The van der Waals surface area contributed by atoms with Crippen molar-refractivity contribution in [2.24, 2.45) is 0 Å². The van der Waals surface area contributed by atoms with E-state index in [1.165, 1.54) is 23.6 Å². The second kappa shape index (κ2) is 4.73. The number of hydrogen-bond donors (Lipinski definition) is 1. The van der Waals surface area contributed by atoms with E-state index >= 15 is 0 Å². The van der Waals surface area contributed by atoms with Crippen LogP contribution < -0.4 is 5.32 Å². The average molecular weight is 304 g/mol. The Balaban J connectivity index is 1.69. The van der Waals surface area contributed by atoms with Crippen molar-refractivity contribution in [3.63, 3.8) is 0 Å². The quantitative estimate of drug-likeness (QED) is 0.824. The minimum atomic E-state index is -4.33. The lowest BCUT2D eigenvalue weighted by Crippen LogP contribution is -2.07. The molecule has 1 saturated carbocycles. The molecule has 114 valence electrons. The Bertz CT molecular complexity index is 724. The van der Waals surface area contributed by atoms with Crippen molar-refractivity contribution in [2.45, 2.75) is 37.3 Å². The molecule has 5 heteroatoms. The Labute approximate surface area is 126 Å². The van der Waals surface area contributed by atoms with E-state index in [0.29, 0.717) is 23.3 Å². The van der Waals surface area contributed by atoms with Crippen LogP contribution in [0.1, 0.15) is 47.8 Å². The molecule has 2 nitrogen and oxygen atoms in total. The first-order valence-corrected chi connectivity index (χ1v) is 7.45. The molecule has 2 atom stereocenters. The topological polar surface area (TPSA) is 24.9 Å². The van der Waals surface area contributed by atoms with E-state index in [-0.39, 0.29) is 0 Å².